The minimum Gasteiger partial charge on any atom is -0.384 e. The number of rotatable bonds is 21. The summed E-state index contributed by atoms with van der Waals surface area (Å²) >= 11 is 5.92. The van der Waals surface area contributed by atoms with Gasteiger partial charge in [0, 0.05) is 151 Å². The van der Waals surface area contributed by atoms with E-state index in [1.54, 1.807) is 105 Å². The largest absolute Gasteiger partial charge is 0.384 e. The summed E-state index contributed by atoms with van der Waals surface area (Å²) in [4.78, 5) is 119. The van der Waals surface area contributed by atoms with Crippen molar-refractivity contribution in [3.63, 3.8) is 0 Å². The number of carbonyl (C=O) groups is 9. The molecule has 144 heavy (non-hydrogen) atoms. The average Bonchev–Trinajstić information content (AvgIpc) is 1.29. The summed E-state index contributed by atoms with van der Waals surface area (Å²) < 4.78 is 5.01. The second-order valence-corrected chi connectivity index (χ2v) is 36.8. The average molecular weight is 1990 g/mol. The van der Waals surface area contributed by atoms with Gasteiger partial charge in [0.2, 0.25) is 47.3 Å². The molecular weight excluding hydrogens is 1850 g/mol. The van der Waals surface area contributed by atoms with Gasteiger partial charge in [-0.1, -0.05) is 147 Å². The molecule has 0 fully saturated rings. The monoisotopic (exact) mass is 1980 g/mol. The number of aromatic amines is 1. The highest BCUT2D eigenvalue weighted by Gasteiger charge is 2.23. The molecule has 0 unspecified atom stereocenters. The molecule has 0 saturated heterocycles. The molecule has 8 aromatic carbocycles. The highest BCUT2D eigenvalue weighted by Crippen LogP contribution is 2.30. The molecular formula is C104H134ClN29O10. The summed E-state index contributed by atoms with van der Waals surface area (Å²) in [6, 6.07) is 46.8. The van der Waals surface area contributed by atoms with Crippen molar-refractivity contribution in [1.29, 1.82) is 21.6 Å². The van der Waals surface area contributed by atoms with Gasteiger partial charge < -0.3 is 103 Å². The van der Waals surface area contributed by atoms with Crippen LogP contribution in [0.2, 0.25) is 5.02 Å². The first kappa shape index (κ1) is 114. The Bertz CT molecular complexity index is 6470. The van der Waals surface area contributed by atoms with Crippen LogP contribution in [0.3, 0.4) is 0 Å². The minimum atomic E-state index is -0.0914. The molecule has 0 atom stereocenters. The number of hydrogen-bond acceptors (Lipinski definition) is 25. The molecule has 0 radical (unpaired) electrons. The topological polar surface area (TPSA) is 669 Å². The fraction of sp³-hybridized carbons (Fsp3) is 0.317. The number of nitrogen functional groups attached to an aromatic ring is 7. The van der Waals surface area contributed by atoms with E-state index in [0.717, 1.165) is 103 Å². The lowest BCUT2D eigenvalue weighted by Crippen LogP contribution is -2.24. The lowest BCUT2D eigenvalue weighted by Gasteiger charge is -2.21. The zero-order chi connectivity index (χ0) is 107. The van der Waals surface area contributed by atoms with Crippen molar-refractivity contribution in [3.05, 3.63) is 231 Å². The van der Waals surface area contributed by atoms with Gasteiger partial charge >= 0.3 is 0 Å². The van der Waals surface area contributed by atoms with E-state index in [1.165, 1.54) is 23.7 Å². The lowest BCUT2D eigenvalue weighted by atomic mass is 10.0. The number of nitrogens with two attached hydrogens (primary N) is 7. The number of nitrogens with zero attached hydrogens (tertiary/aromatic N) is 6. The maximum absolute atomic E-state index is 11.6. The third kappa shape index (κ3) is 35.3. The van der Waals surface area contributed by atoms with Crippen LogP contribution >= 0.6 is 11.6 Å². The molecule has 0 aliphatic carbocycles. The van der Waals surface area contributed by atoms with Gasteiger partial charge in [0.15, 0.2) is 17.2 Å². The summed E-state index contributed by atoms with van der Waals surface area (Å²) in [5.74, 6) is 2.06. The number of carbonyl (C=O) groups excluding carboxylic acids is 9. The van der Waals surface area contributed by atoms with Crippen LogP contribution in [0.25, 0.3) is 32.8 Å². The van der Waals surface area contributed by atoms with E-state index in [9.17, 15) is 43.2 Å². The maximum Gasteiger partial charge on any atom is 0.251 e. The first-order valence-corrected chi connectivity index (χ1v) is 47.0. The predicted molar refractivity (Wildman–Crippen MR) is 577 cm³/mol. The van der Waals surface area contributed by atoms with Gasteiger partial charge in [0.05, 0.1) is 39.9 Å². The Labute approximate surface area is 842 Å². The molecule has 30 N–H and O–H groups in total. The highest BCUT2D eigenvalue weighted by molar-refractivity contribution is 6.34. The van der Waals surface area contributed by atoms with Gasteiger partial charge in [-0.05, 0) is 193 Å². The Balaban J connectivity index is 0.000000220. The van der Waals surface area contributed by atoms with Crippen LogP contribution in [-0.2, 0) is 64.4 Å². The number of fused-ring (bicyclic) bond motifs is 6. The van der Waals surface area contributed by atoms with Crippen LogP contribution in [0.15, 0.2) is 180 Å². The third-order valence-corrected chi connectivity index (χ3v) is 21.8. The fourth-order valence-corrected chi connectivity index (χ4v) is 12.9. The Morgan fingerprint density at radius 2 is 0.868 bits per heavy atom. The van der Waals surface area contributed by atoms with Crippen molar-refractivity contribution in [1.82, 2.24) is 40.9 Å². The van der Waals surface area contributed by atoms with Gasteiger partial charge in [0.25, 0.3) is 5.91 Å². The number of amidine groups is 5. The normalized spacial score (nSPS) is 11.7. The van der Waals surface area contributed by atoms with Crippen molar-refractivity contribution >= 4 is 195 Å². The number of benzene rings is 8. The maximum atomic E-state index is 11.6. The Hall–Kier alpha value is -16.6. The molecule has 0 saturated carbocycles. The first-order valence-electron chi connectivity index (χ1n) is 46.7. The summed E-state index contributed by atoms with van der Waals surface area (Å²) in [6.07, 6.45) is 3.93. The number of halogens is 1. The molecule has 0 spiro atoms. The zero-order valence-electron chi connectivity index (χ0n) is 84.6. The van der Waals surface area contributed by atoms with Gasteiger partial charge in [0.1, 0.15) is 47.0 Å². The Morgan fingerprint density at radius 3 is 1.35 bits per heavy atom. The van der Waals surface area contributed by atoms with E-state index in [-0.39, 0.29) is 124 Å². The van der Waals surface area contributed by atoms with Crippen LogP contribution in [-0.4, -0.2) is 119 Å². The molecule has 3 aliphatic heterocycles. The van der Waals surface area contributed by atoms with Crippen LogP contribution in [0.4, 0.5) is 68.6 Å². The molecule has 40 heteroatoms. The quantitative estimate of drug-likeness (QED) is 0.0235. The smallest absolute Gasteiger partial charge is 0.251 e. The van der Waals surface area contributed by atoms with Gasteiger partial charge in [-0.3, -0.25) is 79.9 Å². The molecule has 4 aromatic heterocycles. The standard InChI is InChI=1S/C13H18N2O.C12H14N4O.C12H16N4.C12H17N3O.C12H14N2O2.C11H14ClN3O.C11H14N4O.C11H13N3O2.C10H14N4O/c1-9(2)13(16)15-12-4-3-11-8-14-6-5-10(11)7-12;1-7(2)12(17)16-8-3-4-9-10(5-8)14-6-15-11(9)13;1-7(2)12-15-6-9-5-8(11(13)14)3-4-10(9)16-12;1-7(2)12(16)15-9-4-5-10(11(13)14)8(3)6-9;1-7(2)11(15)14-9-3-4-10-8(5-9)6-13-12(10)16;1-6(2)11(16)15-7-3-4-8(10(13)14)9(12)5-7;1-6(2)11(16)13-7-3-4-8-9(5-7)14-15-10(8)12;1-6(2)11(15)13-7-3-4-8-9(5-7)16-14-10(8)12;1-6(2)10(15)14-7-3-4-8(9(11)12)13-5-7/h3-4,7,9,14H,5-6,8H2,1-2H3,(H,15,16);3-7H,1-2H3,(H,16,17)(H2,13,14,15);3-5,7H,6H2,1-2H3,(H3,13,14)(H,15,16);4-7H,1-3H3,(H3,13,14)(H,15,16);3-5,7H,6H2,1-2H3,(H,13,16)(H,14,15);3-6H,1-2H3,(H3,13,14)(H,15,16);3-6H,1-2H3,(H,13,16)(H3,12,14,15);3-6H,1-2H3,(H2,12,14)(H,13,15);3-6H,1-2H3,(H3,11,12)(H,14,15). The van der Waals surface area contributed by atoms with E-state index in [4.69, 9.17) is 77.9 Å². The second kappa shape index (κ2) is 54.3. The molecule has 12 aromatic rings. The van der Waals surface area contributed by atoms with Crippen molar-refractivity contribution in [2.45, 2.75) is 158 Å². The van der Waals surface area contributed by atoms with E-state index in [1.807, 2.05) is 158 Å². The number of anilines is 12. The number of pyridine rings is 1. The van der Waals surface area contributed by atoms with Crippen LogP contribution < -0.4 is 98.6 Å². The number of amides is 9. The number of hydrogen-bond donors (Lipinski definition) is 23. The Morgan fingerprint density at radius 1 is 0.417 bits per heavy atom. The fourth-order valence-electron chi connectivity index (χ4n) is 12.6. The van der Waals surface area contributed by atoms with E-state index in [0.29, 0.717) is 92.2 Å². The van der Waals surface area contributed by atoms with Crippen LogP contribution in [0.5, 0.6) is 0 Å². The van der Waals surface area contributed by atoms with E-state index < -0.39 is 0 Å². The second-order valence-electron chi connectivity index (χ2n) is 36.4. The Kier molecular flexibility index (Phi) is 43.1. The van der Waals surface area contributed by atoms with Crippen molar-refractivity contribution in [2.75, 3.05) is 71.6 Å². The number of aryl methyl sites for hydroxylation is 1. The molecule has 7 heterocycles. The minimum absolute atomic E-state index is 0.00756. The van der Waals surface area contributed by atoms with Gasteiger partial charge in [-0.25, -0.2) is 9.97 Å². The number of aromatic nitrogens is 6. The van der Waals surface area contributed by atoms with Crippen molar-refractivity contribution in [2.24, 2.45) is 81.2 Å². The summed E-state index contributed by atoms with van der Waals surface area (Å²) in [6.45, 7) is 38.7. The first-order chi connectivity index (χ1) is 67.9. The van der Waals surface area contributed by atoms with Crippen LogP contribution in [0, 0.1) is 81.8 Å². The molecule has 39 nitrogen and oxygen atoms in total. The SMILES string of the molecule is CC(C)C(=O)Nc1ccc(C(=N)N)c(Cl)c1.CC(C)C(=O)Nc1ccc(C(=N)N)nc1.CC(C)C(=O)Nc1ccc2c(N)n[nH]c2c1.CC(C)C(=O)Nc1ccc2c(N)ncnc2c1.CC(C)C(=O)Nc1ccc2c(N)noc2c1.CC(C)C(=O)Nc1ccc2c(c1)CCNC2.CC(C)C(=O)Nc1ccc2c(c1)CNC2=O.CC(C)C1=NCc2cc(C(=N)N)ccc2N1.Cc1cc(NC(=O)C(C)C)ccc1C(=N)N. The summed E-state index contributed by atoms with van der Waals surface area (Å²) in [5, 5.41) is 74.0. The van der Waals surface area contributed by atoms with Gasteiger partial charge in [-0.15, -0.1) is 0 Å². The molecule has 15 rings (SSSR count). The summed E-state index contributed by atoms with van der Waals surface area (Å²) in [5.41, 5.74) is 55.9. The highest BCUT2D eigenvalue weighted by atomic mass is 35.5. The van der Waals surface area contributed by atoms with Crippen LogP contribution in [0.1, 0.15) is 185 Å². The number of nitrogens with one attached hydrogen (secondary N) is 16. The van der Waals surface area contributed by atoms with E-state index in [2.05, 4.69) is 120 Å². The molecule has 762 valence electrons. The molecule has 9 amide bonds. The van der Waals surface area contributed by atoms with Gasteiger partial charge in [-0.2, -0.15) is 5.10 Å². The zero-order valence-corrected chi connectivity index (χ0v) is 85.3. The number of H-pyrrole nitrogens is 1. The molecule has 3 aliphatic rings. The number of aliphatic imine (C=N–C) groups is 1. The third-order valence-electron chi connectivity index (χ3n) is 21.4. The lowest BCUT2D eigenvalue weighted by molar-refractivity contribution is -0.119. The molecule has 0 bridgehead atoms. The predicted octanol–water partition coefficient (Wildman–Crippen LogP) is 16.0. The van der Waals surface area contributed by atoms with Crippen molar-refractivity contribution < 1.29 is 47.7 Å². The van der Waals surface area contributed by atoms with Crippen molar-refractivity contribution in [3.8, 4) is 0 Å². The summed E-state index contributed by atoms with van der Waals surface area (Å²) in [7, 11) is 0. The van der Waals surface area contributed by atoms with E-state index >= 15 is 0 Å².